The van der Waals surface area contributed by atoms with E-state index >= 15 is 0 Å². The van der Waals surface area contributed by atoms with Crippen LogP contribution in [0.5, 0.6) is 0 Å². The molecule has 0 aromatic carbocycles. The van der Waals surface area contributed by atoms with Crippen LogP contribution in [0.2, 0.25) is 0 Å². The number of alkyl halides is 2. The van der Waals surface area contributed by atoms with Crippen LogP contribution in [0.1, 0.15) is 18.5 Å². The number of carbonyl (C=O) groups excluding carboxylic acids is 1. The lowest BCUT2D eigenvalue weighted by Gasteiger charge is -2.42. The highest BCUT2D eigenvalue weighted by atomic mass is 19.3. The van der Waals surface area contributed by atoms with E-state index in [1.807, 2.05) is 11.8 Å². The van der Waals surface area contributed by atoms with Crippen LogP contribution in [0, 0.1) is 12.8 Å². The number of hydrogen-bond acceptors (Lipinski definition) is 4. The number of aryl methyl sites for hydroxylation is 1. The summed E-state index contributed by atoms with van der Waals surface area (Å²) >= 11 is 0. The van der Waals surface area contributed by atoms with Crippen molar-refractivity contribution in [3.05, 3.63) is 18.1 Å². The Labute approximate surface area is 122 Å². The fourth-order valence-corrected chi connectivity index (χ4v) is 2.74. The van der Waals surface area contributed by atoms with E-state index in [1.165, 1.54) is 0 Å². The molecule has 3 heterocycles. The maximum absolute atomic E-state index is 13.1. The van der Waals surface area contributed by atoms with E-state index in [4.69, 9.17) is 0 Å². The molecule has 0 spiro atoms. The van der Waals surface area contributed by atoms with Gasteiger partial charge < -0.3 is 9.80 Å². The van der Waals surface area contributed by atoms with Gasteiger partial charge in [-0.15, -0.1) is 0 Å². The van der Waals surface area contributed by atoms with Crippen molar-refractivity contribution in [2.45, 2.75) is 25.7 Å². The van der Waals surface area contributed by atoms with Crippen molar-refractivity contribution in [1.29, 1.82) is 0 Å². The van der Waals surface area contributed by atoms with Crippen LogP contribution in [0.4, 0.5) is 14.6 Å². The van der Waals surface area contributed by atoms with Crippen molar-refractivity contribution in [3.8, 4) is 0 Å². The Kier molecular flexibility index (Phi) is 3.51. The molecule has 2 saturated heterocycles. The number of rotatable bonds is 2. The van der Waals surface area contributed by atoms with Crippen LogP contribution in [0.25, 0.3) is 0 Å². The fourth-order valence-electron chi connectivity index (χ4n) is 2.74. The first kappa shape index (κ1) is 14.2. The third kappa shape index (κ3) is 2.96. The summed E-state index contributed by atoms with van der Waals surface area (Å²) in [5, 5.41) is 0. The molecule has 2 aliphatic rings. The molecule has 5 nitrogen and oxygen atoms in total. The molecule has 1 aromatic rings. The molecule has 0 saturated carbocycles. The number of anilines is 1. The average molecular weight is 296 g/mol. The zero-order valence-electron chi connectivity index (χ0n) is 11.9. The third-order valence-corrected chi connectivity index (χ3v) is 4.10. The van der Waals surface area contributed by atoms with E-state index in [0.717, 1.165) is 11.5 Å². The fraction of sp³-hybridized carbons (Fsp3) is 0.643. The van der Waals surface area contributed by atoms with Crippen molar-refractivity contribution in [2.75, 3.05) is 31.1 Å². The molecule has 0 bridgehead atoms. The second-order valence-corrected chi connectivity index (χ2v) is 5.80. The molecule has 0 unspecified atom stereocenters. The molecule has 21 heavy (non-hydrogen) atoms. The first-order valence-corrected chi connectivity index (χ1v) is 7.15. The van der Waals surface area contributed by atoms with E-state index in [9.17, 15) is 13.6 Å². The van der Waals surface area contributed by atoms with Gasteiger partial charge in [0, 0.05) is 45.2 Å². The number of piperidine rings is 1. The lowest BCUT2D eigenvalue weighted by Crippen LogP contribution is -2.56. The van der Waals surface area contributed by atoms with E-state index in [1.54, 1.807) is 17.3 Å². The first-order valence-electron chi connectivity index (χ1n) is 7.15. The Morgan fingerprint density at radius 1 is 1.29 bits per heavy atom. The van der Waals surface area contributed by atoms with Crippen molar-refractivity contribution in [2.24, 2.45) is 5.92 Å². The second kappa shape index (κ2) is 5.20. The van der Waals surface area contributed by atoms with Crippen molar-refractivity contribution in [1.82, 2.24) is 14.9 Å². The largest absolute Gasteiger partial charge is 0.354 e. The van der Waals surface area contributed by atoms with Crippen molar-refractivity contribution in [3.63, 3.8) is 0 Å². The topological polar surface area (TPSA) is 49.3 Å². The van der Waals surface area contributed by atoms with E-state index in [2.05, 4.69) is 9.97 Å². The van der Waals surface area contributed by atoms with Crippen LogP contribution in [0.3, 0.4) is 0 Å². The summed E-state index contributed by atoms with van der Waals surface area (Å²) < 4.78 is 26.2. The number of aromatic nitrogens is 2. The van der Waals surface area contributed by atoms with Crippen LogP contribution in [-0.2, 0) is 4.79 Å². The Morgan fingerprint density at radius 2 is 1.95 bits per heavy atom. The third-order valence-electron chi connectivity index (χ3n) is 4.10. The molecule has 0 radical (unpaired) electrons. The maximum atomic E-state index is 13.1. The quantitative estimate of drug-likeness (QED) is 0.829. The summed E-state index contributed by atoms with van der Waals surface area (Å²) in [5.41, 5.74) is 0.834. The minimum absolute atomic E-state index is 0.0117. The van der Waals surface area contributed by atoms with Crippen molar-refractivity contribution < 1.29 is 13.6 Å². The summed E-state index contributed by atoms with van der Waals surface area (Å²) in [4.78, 5) is 24.3. The molecule has 1 amide bonds. The Bertz CT molecular complexity index is 536. The van der Waals surface area contributed by atoms with Crippen LogP contribution in [0.15, 0.2) is 12.4 Å². The van der Waals surface area contributed by atoms with Crippen molar-refractivity contribution >= 4 is 11.7 Å². The second-order valence-electron chi connectivity index (χ2n) is 5.80. The molecule has 114 valence electrons. The van der Waals surface area contributed by atoms with E-state index in [-0.39, 0.29) is 37.8 Å². The smallest absolute Gasteiger partial charge is 0.251 e. The molecule has 0 N–H and O–H groups in total. The SMILES string of the molecule is Cc1cncc(N2CC(C(=O)N3CCC(F)(F)CC3)C2)n1. The Morgan fingerprint density at radius 3 is 2.57 bits per heavy atom. The van der Waals surface area contributed by atoms with Gasteiger partial charge in [0.25, 0.3) is 5.92 Å². The number of amides is 1. The minimum Gasteiger partial charge on any atom is -0.354 e. The van der Waals surface area contributed by atoms with Crippen LogP contribution in [-0.4, -0.2) is 52.9 Å². The zero-order chi connectivity index (χ0) is 15.0. The summed E-state index contributed by atoms with van der Waals surface area (Å²) in [5.74, 6) is -1.97. The molecule has 7 heteroatoms. The van der Waals surface area contributed by atoms with Crippen LogP contribution < -0.4 is 4.90 Å². The standard InChI is InChI=1S/C14H18F2N4O/c1-10-6-17-7-12(18-10)20-8-11(9-20)13(21)19-4-2-14(15,16)3-5-19/h6-7,11H,2-5,8-9H2,1H3. The van der Waals surface area contributed by atoms with Crippen LogP contribution >= 0.6 is 0 Å². The van der Waals surface area contributed by atoms with Gasteiger partial charge in [0.2, 0.25) is 5.91 Å². The van der Waals surface area contributed by atoms with Gasteiger partial charge in [-0.1, -0.05) is 0 Å². The Hall–Kier alpha value is -1.79. The molecule has 1 aromatic heterocycles. The highest BCUT2D eigenvalue weighted by molar-refractivity contribution is 5.82. The highest BCUT2D eigenvalue weighted by Crippen LogP contribution is 2.30. The maximum Gasteiger partial charge on any atom is 0.251 e. The molecular formula is C14H18F2N4O. The molecular weight excluding hydrogens is 278 g/mol. The monoisotopic (exact) mass is 296 g/mol. The zero-order valence-corrected chi connectivity index (χ0v) is 11.9. The van der Waals surface area contributed by atoms with Gasteiger partial charge in [-0.05, 0) is 6.92 Å². The molecule has 0 atom stereocenters. The van der Waals surface area contributed by atoms with E-state index < -0.39 is 5.92 Å². The average Bonchev–Trinajstić information content (AvgIpc) is 2.37. The highest BCUT2D eigenvalue weighted by Gasteiger charge is 2.40. The predicted molar refractivity (Wildman–Crippen MR) is 73.2 cm³/mol. The van der Waals surface area contributed by atoms with Gasteiger partial charge in [0.05, 0.1) is 17.8 Å². The van der Waals surface area contributed by atoms with Gasteiger partial charge in [-0.25, -0.2) is 13.8 Å². The number of hydrogen-bond donors (Lipinski definition) is 0. The van der Waals surface area contributed by atoms with Gasteiger partial charge >= 0.3 is 0 Å². The molecule has 0 aliphatic carbocycles. The summed E-state index contributed by atoms with van der Waals surface area (Å²) in [6.07, 6.45) is 2.91. The number of halogens is 2. The summed E-state index contributed by atoms with van der Waals surface area (Å²) in [6, 6.07) is 0. The minimum atomic E-state index is -2.61. The molecule has 2 aliphatic heterocycles. The summed E-state index contributed by atoms with van der Waals surface area (Å²) in [7, 11) is 0. The lowest BCUT2D eigenvalue weighted by molar-refractivity contribution is -0.142. The van der Waals surface area contributed by atoms with E-state index in [0.29, 0.717) is 13.1 Å². The Balaban J connectivity index is 1.53. The number of carbonyl (C=O) groups is 1. The molecule has 3 rings (SSSR count). The van der Waals surface area contributed by atoms with Gasteiger partial charge in [-0.2, -0.15) is 0 Å². The normalized spacial score (nSPS) is 22.0. The van der Waals surface area contributed by atoms with Gasteiger partial charge in [0.15, 0.2) is 0 Å². The number of nitrogens with zero attached hydrogens (tertiary/aromatic N) is 4. The first-order chi connectivity index (χ1) is 9.94. The predicted octanol–water partition coefficient (Wildman–Crippen LogP) is 1.48. The van der Waals surface area contributed by atoms with Gasteiger partial charge in [0.1, 0.15) is 5.82 Å². The van der Waals surface area contributed by atoms with Gasteiger partial charge in [-0.3, -0.25) is 9.78 Å². The summed E-state index contributed by atoms with van der Waals surface area (Å²) in [6.45, 7) is 3.36. The molecule has 2 fully saturated rings. The number of likely N-dealkylation sites (tertiary alicyclic amines) is 1. The lowest BCUT2D eigenvalue weighted by atomic mass is 9.96.